The quantitative estimate of drug-likeness (QED) is 0.0312. The third-order valence-electron chi connectivity index (χ3n) is 23.7. The number of nitrogens with one attached hydrogen (secondary N) is 12. The maximum Gasteiger partial charge on any atom is 0.253 e. The Morgan fingerprint density at radius 2 is 1.34 bits per heavy atom. The van der Waals surface area contributed by atoms with Gasteiger partial charge in [-0.15, -0.1) is 0 Å². The maximum absolute atomic E-state index is 16.6. The highest BCUT2D eigenvalue weighted by atomic mass is 35.5. The predicted molar refractivity (Wildman–Crippen MR) is 474 cm³/mol. The molecule has 11 bridgehead atoms. The summed E-state index contributed by atoms with van der Waals surface area (Å²) in [5.74, 6) is -19.7. The summed E-state index contributed by atoms with van der Waals surface area (Å²) in [5.41, 5.74) is 21.7. The van der Waals surface area contributed by atoms with Crippen LogP contribution in [0.1, 0.15) is 136 Å². The van der Waals surface area contributed by atoms with Crippen LogP contribution in [0.5, 0.6) is 46.0 Å². The molecule has 15 rings (SSSR count). The summed E-state index contributed by atoms with van der Waals surface area (Å²) in [6.07, 6.45) is -15.6. The number of hydrogen-bond acceptors (Lipinski definition) is 31. The van der Waals surface area contributed by atoms with Gasteiger partial charge in [-0.05, 0) is 160 Å². The number of halogens is 2. The molecule has 11 amide bonds. The van der Waals surface area contributed by atoms with Crippen LogP contribution in [0.15, 0.2) is 122 Å². The summed E-state index contributed by atoms with van der Waals surface area (Å²) in [4.78, 5) is 179. The van der Waals surface area contributed by atoms with Crippen LogP contribution in [0, 0.1) is 5.92 Å². The number of carbonyl (C=O) groups is 11. The van der Waals surface area contributed by atoms with Crippen LogP contribution < -0.4 is 90.3 Å². The van der Waals surface area contributed by atoms with E-state index in [1.807, 2.05) is 18.2 Å². The van der Waals surface area contributed by atoms with E-state index >= 15 is 33.6 Å². The van der Waals surface area contributed by atoms with Gasteiger partial charge >= 0.3 is 0 Å². The number of unbranched alkanes of at least 4 members (excludes halogenated alkanes) is 1. The minimum absolute atomic E-state index is 0.0146. The first-order chi connectivity index (χ1) is 63.7. The van der Waals surface area contributed by atoms with E-state index in [1.165, 1.54) is 45.6 Å². The molecule has 7 aliphatic rings. The Bertz CT molecular complexity index is 5750. The van der Waals surface area contributed by atoms with Crippen molar-refractivity contribution in [2.24, 2.45) is 28.9 Å². The number of aromatic nitrogens is 3. The molecule has 45 heteroatoms. The van der Waals surface area contributed by atoms with Crippen molar-refractivity contribution in [3.05, 3.63) is 171 Å². The van der Waals surface area contributed by atoms with Crippen molar-refractivity contribution < 1.29 is 127 Å². The lowest BCUT2D eigenvalue weighted by molar-refractivity contribution is -0.277. The molecular formula is C89H105Cl2N17O26. The van der Waals surface area contributed by atoms with Gasteiger partial charge in [-0.3, -0.25) is 58.1 Å². The molecule has 0 aliphatic carbocycles. The fourth-order valence-electron chi connectivity index (χ4n) is 16.5. The number of aromatic amines is 2. The molecule has 43 nitrogen and oxygen atoms in total. The Morgan fingerprint density at radius 3 is 2.00 bits per heavy atom. The van der Waals surface area contributed by atoms with E-state index in [4.69, 9.17) is 74.6 Å². The number of benzene rings is 6. The molecule has 21 atom stereocenters. The monoisotopic (exact) mass is 1900 g/mol. The number of aliphatic hydroxyl groups excluding tert-OH is 6. The van der Waals surface area contributed by atoms with Crippen molar-refractivity contribution in [1.82, 2.24) is 68.1 Å². The minimum atomic E-state index is -2.46. The zero-order valence-corrected chi connectivity index (χ0v) is 74.2. The Morgan fingerprint density at radius 1 is 0.679 bits per heavy atom. The number of rotatable bonds is 26. The molecule has 29 N–H and O–H groups in total. The molecule has 9 heterocycles. The number of likely N-dealkylation sites (N-methyl/N-ethyl adjacent to an activating group) is 1. The highest BCUT2D eigenvalue weighted by molar-refractivity contribution is 6.32. The molecule has 0 radical (unpaired) electrons. The number of nitrogens with zero attached hydrogens (tertiary/aromatic N) is 1. The average Bonchev–Trinajstić information content (AvgIpc) is 0.847. The van der Waals surface area contributed by atoms with Gasteiger partial charge in [0.1, 0.15) is 114 Å². The Labute approximate surface area is 774 Å². The number of imide groups is 1. The van der Waals surface area contributed by atoms with Crippen molar-refractivity contribution in [3.63, 3.8) is 0 Å². The molecule has 8 aromatic rings. The number of aliphatic hydroxyl groups is 6. The first-order valence-corrected chi connectivity index (χ1v) is 43.6. The molecule has 0 spiro atoms. The molecule has 134 heavy (non-hydrogen) atoms. The van der Waals surface area contributed by atoms with E-state index < -0.39 is 296 Å². The van der Waals surface area contributed by atoms with E-state index in [2.05, 4.69) is 68.1 Å². The smallest absolute Gasteiger partial charge is 0.253 e. The minimum Gasteiger partial charge on any atom is -0.508 e. The molecule has 2 fully saturated rings. The topological polar surface area (TPSA) is 694 Å². The third kappa shape index (κ3) is 22.4. The Balaban J connectivity index is 0.982. The summed E-state index contributed by atoms with van der Waals surface area (Å²) in [6, 6.07) is 1.34. The molecule has 1 unspecified atom stereocenters. The first kappa shape index (κ1) is 98.8. The zero-order valence-electron chi connectivity index (χ0n) is 72.7. The van der Waals surface area contributed by atoms with Gasteiger partial charge in [-0.2, -0.15) is 0 Å². The van der Waals surface area contributed by atoms with Gasteiger partial charge in [0.15, 0.2) is 17.8 Å². The van der Waals surface area contributed by atoms with Crippen LogP contribution in [0.3, 0.4) is 0 Å². The number of fused-ring (bicyclic) bond motifs is 16. The van der Waals surface area contributed by atoms with E-state index in [1.54, 1.807) is 26.1 Å². The number of carbonyl (C=O) groups excluding carboxylic acids is 11. The summed E-state index contributed by atoms with van der Waals surface area (Å²) < 4.78 is 38.7. The number of ether oxygens (including phenoxy) is 6. The lowest BCUT2D eigenvalue weighted by atomic mass is 9.86. The SMILES string of the molecule is CN[C@H](CC(C)C)C(=O)N[C@H]1C(=O)N[C@@H](CC(N)=O)C(=O)N[C@H]2C(=O)N[C@H]3C(=O)NC(C(=O)N[C@@H](C(=O)NC(=O)[C@H](Cc4c[nH]cn4)NC(=O)[C@H](CCCCN)NC(=O)[C@@H](N)Cc4c[nH]c5ccccc45)c4cc(O)cc(O)c4-c4cc3ccc4O)[C@H](O[C@H]3C[C@](C)(N)[C@@H](O)[C@H](C)O3)c3ccc(c(Cl)c3)Oc3cc2cc(c3O[C@@H]2O[C@H](CO)[C@@H](O)[C@H](O)[C@H]2O)Oc2ccc(cc2Cl)[C@H]1O. The molecule has 2 aromatic heterocycles. The van der Waals surface area contributed by atoms with Gasteiger partial charge in [0.2, 0.25) is 71.1 Å². The van der Waals surface area contributed by atoms with Crippen LogP contribution in [0.25, 0.3) is 22.0 Å². The number of phenols is 3. The number of aromatic hydroxyl groups is 3. The first-order valence-electron chi connectivity index (χ1n) is 42.9. The molecule has 6 aromatic carbocycles. The zero-order chi connectivity index (χ0) is 96.7. The van der Waals surface area contributed by atoms with Gasteiger partial charge in [-0.1, -0.05) is 73.4 Å². The molecule has 2 saturated heterocycles. The number of para-hydroxylation sites is 1. The standard InChI is InChI=1S/C89H105Cl2N17O26/c1-36(2)20-53(96-5)80(121)106-69-71(114)39-14-17-58(48(90)22-39)130-60-25-41-26-61(76(60)134-88-74(117)73(116)72(115)62(34-109)132-88)131-59-18-15-40(23-49(59)91)75(133-64-31-89(4,95)77(118)37(3)129-64)70-87(128)105-68(47-28-44(110)29-57(112)65(47)46-21-38(13-16-56(46)111)66(83(124)107-70)104-84(125)67(41)103-81(122)55(30-63(94)113)102-86(69)127)85(126)108-82(123)54(27-43-33-97-35-99-43)101-79(120)52(12-8-9-19-92)100-78(119)50(93)24-42-32-98-51-11-7-6-10-45(42)51/h6-7,10-11,13-18,21-23,25-26,28-29,32-33,35-37,50,52-55,62,64,66-75,77,88,96,98,109-112,114-118H,8-9,12,19-20,24,27,30-31,34,92-93,95H2,1-5H3,(H2,94,113)(H,97,99)(H,100,119)(H,101,120)(H,102,127)(H,103,122)(H,104,125)(H,105,128)(H,106,121)(H,107,124)(H,108,123,126)/t37-,50-,52-,53+,54-,55-,62+,64-,66+,67+,68+,69+,70?,71+,72+,73-,74+,75+,77-,88-,89-/m0/s1. The van der Waals surface area contributed by atoms with E-state index in [0.29, 0.717) is 12.0 Å². The molecule has 7 aliphatic heterocycles. The highest BCUT2D eigenvalue weighted by Crippen LogP contribution is 2.50. The summed E-state index contributed by atoms with van der Waals surface area (Å²) in [6.45, 7) is 5.67. The number of amides is 11. The maximum atomic E-state index is 16.6. The van der Waals surface area contributed by atoms with Crippen LogP contribution in [0.2, 0.25) is 10.0 Å². The van der Waals surface area contributed by atoms with Crippen molar-refractivity contribution >= 4 is 99.1 Å². The van der Waals surface area contributed by atoms with Crippen LogP contribution in [0.4, 0.5) is 0 Å². The van der Waals surface area contributed by atoms with Crippen LogP contribution in [-0.4, -0.2) is 243 Å². The van der Waals surface area contributed by atoms with Gasteiger partial charge in [0, 0.05) is 58.9 Å². The Hall–Kier alpha value is -12.7. The molecule has 0 saturated carbocycles. The number of phenolic OH excluding ortho intramolecular Hbond substituents is 3. The lowest BCUT2D eigenvalue weighted by Gasteiger charge is -2.44. The third-order valence-corrected chi connectivity index (χ3v) is 24.2. The second-order valence-electron chi connectivity index (χ2n) is 34.1. The lowest BCUT2D eigenvalue weighted by Crippen LogP contribution is -2.61. The van der Waals surface area contributed by atoms with Crippen molar-refractivity contribution in [2.75, 3.05) is 20.2 Å². The number of nitrogens with two attached hydrogens (primary N) is 4. The van der Waals surface area contributed by atoms with Gasteiger partial charge in [-0.25, -0.2) is 4.98 Å². The van der Waals surface area contributed by atoms with E-state index in [-0.39, 0.29) is 60.7 Å². The Kier molecular flexibility index (Phi) is 31.2. The van der Waals surface area contributed by atoms with Crippen molar-refractivity contribution in [1.29, 1.82) is 0 Å². The number of primary amides is 1. The summed E-state index contributed by atoms with van der Waals surface area (Å²) in [5, 5.41) is 130. The van der Waals surface area contributed by atoms with Crippen LogP contribution >= 0.6 is 23.2 Å². The van der Waals surface area contributed by atoms with E-state index in [0.717, 1.165) is 77.6 Å². The van der Waals surface area contributed by atoms with Gasteiger partial charge in [0.05, 0.1) is 59.4 Å². The normalized spacial score (nSPS) is 25.7. The van der Waals surface area contributed by atoms with E-state index in [9.17, 15) is 65.1 Å². The molecule has 716 valence electrons. The average molecular weight is 1900 g/mol. The number of H-pyrrole nitrogens is 2. The fraction of sp³-hybridized carbons (Fsp3) is 0.416. The largest absolute Gasteiger partial charge is 0.508 e. The van der Waals surface area contributed by atoms with Gasteiger partial charge in [0.25, 0.3) is 5.91 Å². The number of imidazole rings is 1. The molecular weight excluding hydrogens is 1790 g/mol. The highest BCUT2D eigenvalue weighted by Gasteiger charge is 2.50. The summed E-state index contributed by atoms with van der Waals surface area (Å²) in [7, 11) is 1.46. The van der Waals surface area contributed by atoms with Gasteiger partial charge < -0.3 is 155 Å². The second-order valence-corrected chi connectivity index (χ2v) is 34.9. The second kappa shape index (κ2) is 42.3. The predicted octanol–water partition coefficient (Wildman–Crippen LogP) is -0.220. The van der Waals surface area contributed by atoms with Crippen molar-refractivity contribution in [2.45, 2.75) is 206 Å². The van der Waals surface area contributed by atoms with Crippen LogP contribution in [-0.2, 0) is 79.8 Å². The fourth-order valence-corrected chi connectivity index (χ4v) is 17.0. The number of hydrogen-bond donors (Lipinski definition) is 25. The summed E-state index contributed by atoms with van der Waals surface area (Å²) >= 11 is 14.5. The van der Waals surface area contributed by atoms with Crippen molar-refractivity contribution in [3.8, 4) is 57.1 Å².